The van der Waals surface area contributed by atoms with Crippen LogP contribution in [0.25, 0.3) is 10.8 Å². The largest absolute Gasteiger partial charge is 0.299 e. The molecule has 0 aromatic heterocycles. The zero-order chi connectivity index (χ0) is 68.0. The number of carbonyl (C=O) groups excluding carboxylic acids is 2. The Morgan fingerprint density at radius 2 is 0.567 bits per heavy atom. The van der Waals surface area contributed by atoms with Gasteiger partial charge in [0.05, 0.1) is 0 Å². The maximum atomic E-state index is 11.6. The topological polar surface area (TPSA) is 34.1 Å². The molecule has 4 aliphatic carbocycles. The highest BCUT2D eigenvalue weighted by molar-refractivity contribution is 5.97. The SMILES string of the molecule is C.C.CC#CC#CC#CC#CC#CC#CC#CC#CC#CC#CC#CC#CC#CC#CC#CC#CC#CC#CC#CC#CC#CC#CC#CC#CC#CC#CC#CC#CC#CC.CC1=CC(=O)CCC1.CCCCC1(C)CCCC(=O)C1C.c1cc2c3c(ccc4c3c1CC4)CC2. The van der Waals surface area contributed by atoms with Crippen LogP contribution in [0.4, 0.5) is 0 Å². The summed E-state index contributed by atoms with van der Waals surface area (Å²) in [5, 5.41) is 3.22. The summed E-state index contributed by atoms with van der Waals surface area (Å²) < 4.78 is 0. The number of rotatable bonds is 3. The highest BCUT2D eigenvalue weighted by Gasteiger charge is 2.37. The molecule has 0 aliphatic heterocycles. The quantitative estimate of drug-likeness (QED) is 0.287. The zero-order valence-corrected chi connectivity index (χ0v) is 53.5. The molecule has 2 nitrogen and oxygen atoms in total. The molecule has 0 amide bonds. The van der Waals surface area contributed by atoms with Crippen LogP contribution in [-0.4, -0.2) is 11.6 Å². The van der Waals surface area contributed by atoms with Gasteiger partial charge in [0.25, 0.3) is 0 Å². The Kier molecular flexibility index (Phi) is 45.5. The number of carbonyl (C=O) groups is 2. The van der Waals surface area contributed by atoms with Crippen molar-refractivity contribution in [3.05, 3.63) is 58.2 Å². The third-order valence-corrected chi connectivity index (χ3v) is 12.7. The average Bonchev–Trinajstić information content (AvgIpc) is 1.61. The van der Waals surface area contributed by atoms with Crippen molar-refractivity contribution in [3.63, 3.8) is 0 Å². The Morgan fingerprint density at radius 1 is 0.340 bits per heavy atom. The molecule has 0 bridgehead atoms. The Bertz CT molecular complexity index is 5120. The number of allylic oxidation sites excluding steroid dienone is 2. The number of hydrogen-bond acceptors (Lipinski definition) is 2. The molecule has 0 N–H and O–H groups in total. The third kappa shape index (κ3) is 38.9. The van der Waals surface area contributed by atoms with Gasteiger partial charge >= 0.3 is 0 Å². The summed E-state index contributed by atoms with van der Waals surface area (Å²) in [4.78, 5) is 22.2. The van der Waals surface area contributed by atoms with E-state index in [-0.39, 0.29) is 14.9 Å². The summed E-state index contributed by atoms with van der Waals surface area (Å²) in [6.45, 7) is 12.0. The van der Waals surface area contributed by atoms with E-state index in [4.69, 9.17) is 0 Å². The fraction of sp³-hybridized carbons (Fsp3) is 0.242. The first-order valence-electron chi connectivity index (χ1n) is 29.4. The lowest BCUT2D eigenvalue weighted by Crippen LogP contribution is -2.35. The van der Waals surface area contributed by atoms with Gasteiger partial charge in [-0.15, -0.1) is 0 Å². The zero-order valence-electron chi connectivity index (χ0n) is 53.5. The summed E-state index contributed by atoms with van der Waals surface area (Å²) >= 11 is 0. The number of aryl methyl sites for hydroxylation is 4. The van der Waals surface area contributed by atoms with Crippen LogP contribution in [0.2, 0.25) is 0 Å². The summed E-state index contributed by atoms with van der Waals surface area (Å²) in [6.07, 6.45) is 16.7. The minimum Gasteiger partial charge on any atom is -0.299 e. The summed E-state index contributed by atoms with van der Waals surface area (Å²) in [5.74, 6) is 147. The van der Waals surface area contributed by atoms with Gasteiger partial charge in [-0.25, -0.2) is 0 Å². The van der Waals surface area contributed by atoms with Crippen LogP contribution in [0.15, 0.2) is 35.9 Å². The van der Waals surface area contributed by atoms with Crippen molar-refractivity contribution in [2.45, 2.75) is 140 Å². The van der Waals surface area contributed by atoms with Gasteiger partial charge in [-0.2, -0.15) is 0 Å². The van der Waals surface area contributed by atoms with Gasteiger partial charge in [0.1, 0.15) is 5.78 Å². The van der Waals surface area contributed by atoms with E-state index < -0.39 is 0 Å². The number of Topliss-reactive ketones (excluding diaryl/α,β-unsaturated/α-hetero) is 1. The minimum atomic E-state index is 0. The second-order valence-corrected chi connectivity index (χ2v) is 19.1. The second kappa shape index (κ2) is 55.1. The van der Waals surface area contributed by atoms with Gasteiger partial charge in [-0.1, -0.05) is 90.1 Å². The molecular weight excluding hydrogens is 1170 g/mol. The fourth-order valence-electron chi connectivity index (χ4n) is 8.35. The number of unbranched alkanes of at least 4 members (excludes halogenated alkanes) is 1. The average molecular weight is 1230 g/mol. The molecule has 2 heteroatoms. The van der Waals surface area contributed by atoms with Crippen LogP contribution < -0.4 is 0 Å². The molecule has 2 aromatic carbocycles. The van der Waals surface area contributed by atoms with Crippen LogP contribution in [-0.2, 0) is 35.3 Å². The highest BCUT2D eigenvalue weighted by Crippen LogP contribution is 2.43. The lowest BCUT2D eigenvalue weighted by atomic mass is 9.65. The van der Waals surface area contributed by atoms with Crippen LogP contribution >= 0.6 is 0 Å². The first-order chi connectivity index (χ1) is 46.7. The Morgan fingerprint density at radius 3 is 0.753 bits per heavy atom. The number of hydrogen-bond donors (Lipinski definition) is 0. The van der Waals surface area contributed by atoms with Gasteiger partial charge < -0.3 is 0 Å². The van der Waals surface area contributed by atoms with Gasteiger partial charge in [-0.05, 0) is 218 Å². The van der Waals surface area contributed by atoms with Crippen LogP contribution in [0, 0.1) is 355 Å². The normalized spacial score (nSPS) is 11.3. The van der Waals surface area contributed by atoms with E-state index in [1.165, 1.54) is 56.9 Å². The molecule has 4 aliphatic rings. The van der Waals surface area contributed by atoms with E-state index in [0.29, 0.717) is 22.9 Å². The van der Waals surface area contributed by atoms with E-state index >= 15 is 0 Å². The van der Waals surface area contributed by atoms with Crippen molar-refractivity contribution in [1.82, 2.24) is 0 Å². The summed E-state index contributed by atoms with van der Waals surface area (Å²) in [5.41, 5.74) is 7.89. The van der Waals surface area contributed by atoms with Gasteiger partial charge in [-0.3, -0.25) is 9.59 Å². The molecule has 2 aromatic rings. The van der Waals surface area contributed by atoms with Crippen molar-refractivity contribution in [3.8, 4) is 343 Å². The van der Waals surface area contributed by atoms with Crippen LogP contribution in [0.1, 0.15) is 136 Å². The van der Waals surface area contributed by atoms with E-state index in [1.807, 2.05) is 6.92 Å². The maximum Gasteiger partial charge on any atom is 0.155 e. The summed E-state index contributed by atoms with van der Waals surface area (Å²) in [6, 6.07) is 9.40. The van der Waals surface area contributed by atoms with Crippen molar-refractivity contribution in [1.29, 1.82) is 0 Å². The van der Waals surface area contributed by atoms with Crippen molar-refractivity contribution >= 4 is 22.3 Å². The van der Waals surface area contributed by atoms with Crippen LogP contribution in [0.3, 0.4) is 0 Å². The molecule has 0 radical (unpaired) electrons. The maximum absolute atomic E-state index is 11.6. The molecule has 6 rings (SSSR count). The smallest absolute Gasteiger partial charge is 0.155 e. The van der Waals surface area contributed by atoms with E-state index in [0.717, 1.165) is 32.1 Å². The summed E-state index contributed by atoms with van der Waals surface area (Å²) in [7, 11) is 0. The first-order valence-corrected chi connectivity index (χ1v) is 29.4. The van der Waals surface area contributed by atoms with Gasteiger partial charge in [0.15, 0.2) is 5.78 Å². The third-order valence-electron chi connectivity index (χ3n) is 12.7. The predicted octanol–water partition coefficient (Wildman–Crippen LogP) is 10.7. The molecule has 0 spiro atoms. The number of ketones is 2. The Labute approximate surface area is 581 Å². The van der Waals surface area contributed by atoms with Crippen molar-refractivity contribution in [2.75, 3.05) is 0 Å². The van der Waals surface area contributed by atoms with Gasteiger partial charge in [0.2, 0.25) is 0 Å². The molecule has 97 heavy (non-hydrogen) atoms. The number of benzene rings is 2. The molecule has 2 unspecified atom stereocenters. The molecular formula is C95H58O2. The van der Waals surface area contributed by atoms with Crippen molar-refractivity contribution < 1.29 is 9.59 Å². The lowest BCUT2D eigenvalue weighted by molar-refractivity contribution is -0.129. The molecule has 0 saturated heterocycles. The standard InChI is InChI=1S/C60H6.C14H12.C12H22O.C7H10O.2CH4/c1-3-5-7-9-11-13-15-17-19-21-23-25-27-29-31-33-35-37-39-41-43-45-47-49-51-53-55-57-59-60-58-56-54-52-50-48-46-44-42-40-38-36-34-32-30-28-26-24-22-20-18-16-14-12-10-8-6-4-2;1-2-10-7-8-12-4-3-11-6-5-9(1)13(10)14(11)12;1-4-5-8-12(3)9-6-7-11(13)10(12)2;1-6-3-2-4-7(8)5-6;;/h1-2H3;5-8H,1-4H2;10H,4-9H2,1-3H3;5H,2-4H2,1H3;2*1H4. The highest BCUT2D eigenvalue weighted by atomic mass is 16.1. The van der Waals surface area contributed by atoms with E-state index in [2.05, 4.69) is 388 Å². The minimum absolute atomic E-state index is 0. The van der Waals surface area contributed by atoms with Crippen LogP contribution in [0.5, 0.6) is 0 Å². The molecule has 1 saturated carbocycles. The molecule has 1 fully saturated rings. The predicted molar refractivity (Wildman–Crippen MR) is 397 cm³/mol. The van der Waals surface area contributed by atoms with Crippen molar-refractivity contribution in [2.24, 2.45) is 11.3 Å². The van der Waals surface area contributed by atoms with E-state index in [1.54, 1.807) is 52.9 Å². The van der Waals surface area contributed by atoms with Gasteiger partial charge in [0, 0.05) is 256 Å². The molecule has 450 valence electrons. The Balaban J connectivity index is 0.000000991. The fourth-order valence-corrected chi connectivity index (χ4v) is 8.35. The Hall–Kier alpha value is -15.0. The molecule has 0 heterocycles. The second-order valence-electron chi connectivity index (χ2n) is 19.1. The molecule has 2 atom stereocenters. The van der Waals surface area contributed by atoms with E-state index in [9.17, 15) is 9.59 Å². The first kappa shape index (κ1) is 80.0. The lowest BCUT2D eigenvalue weighted by Gasteiger charge is -2.38. The monoisotopic (exact) mass is 1230 g/mol.